The van der Waals surface area contributed by atoms with E-state index in [4.69, 9.17) is 0 Å². The molecule has 2 bridgehead atoms. The van der Waals surface area contributed by atoms with E-state index in [-0.39, 0.29) is 0 Å². The first kappa shape index (κ1) is 19.8. The van der Waals surface area contributed by atoms with Crippen LogP contribution in [-0.4, -0.2) is 59.5 Å². The molecule has 0 saturated carbocycles. The minimum Gasteiger partial charge on any atom is -0.343 e. The van der Waals surface area contributed by atoms with Crippen LogP contribution < -0.4 is 5.32 Å². The first-order chi connectivity index (χ1) is 13.7. The van der Waals surface area contributed by atoms with Crippen molar-refractivity contribution in [2.24, 2.45) is 17.8 Å². The Morgan fingerprint density at radius 1 is 1.29 bits per heavy atom. The highest BCUT2D eigenvalue weighted by Crippen LogP contribution is 2.31. The van der Waals surface area contributed by atoms with Crippen LogP contribution >= 0.6 is 0 Å². The number of piperidine rings is 3. The van der Waals surface area contributed by atoms with Gasteiger partial charge in [0.25, 0.3) is 0 Å². The van der Waals surface area contributed by atoms with E-state index in [0.29, 0.717) is 11.9 Å². The van der Waals surface area contributed by atoms with Gasteiger partial charge in [-0.3, -0.25) is 14.7 Å². The van der Waals surface area contributed by atoms with Gasteiger partial charge in [-0.15, -0.1) is 0 Å². The third kappa shape index (κ3) is 5.12. The van der Waals surface area contributed by atoms with E-state index in [1.165, 1.54) is 37.9 Å². The van der Waals surface area contributed by atoms with Gasteiger partial charge in [0.2, 0.25) is 5.91 Å². The van der Waals surface area contributed by atoms with Gasteiger partial charge in [0.15, 0.2) is 0 Å². The molecule has 3 aliphatic rings. The predicted octanol–water partition coefficient (Wildman–Crippen LogP) is 2.92. The molecule has 2 unspecified atom stereocenters. The van der Waals surface area contributed by atoms with E-state index >= 15 is 0 Å². The van der Waals surface area contributed by atoms with Crippen LogP contribution in [-0.2, 0) is 11.3 Å². The van der Waals surface area contributed by atoms with E-state index in [1.54, 1.807) is 0 Å². The molecular weight excluding hydrogens is 348 g/mol. The Labute approximate surface area is 169 Å². The fraction of sp³-hybridized carbons (Fsp3) is 0.739. The van der Waals surface area contributed by atoms with Crippen molar-refractivity contribution in [3.63, 3.8) is 0 Å². The molecule has 3 saturated heterocycles. The maximum absolute atomic E-state index is 12.5. The zero-order valence-electron chi connectivity index (χ0n) is 17.4. The topological polar surface area (TPSA) is 48.5 Å². The lowest BCUT2D eigenvalue weighted by atomic mass is 9.79. The van der Waals surface area contributed by atoms with Crippen molar-refractivity contribution in [3.8, 4) is 0 Å². The third-order valence-electron chi connectivity index (χ3n) is 7.05. The standard InChI is InChI=1S/C23H36N4O/c1-18-7-10-27(11-8-18)23(28)6-2-5-22-21-12-20(14-25-22)16-26(17-21)15-19-4-3-9-24-13-19/h3-4,9,13,18,20-22,25H,2,5-8,10-12,14-17H2,1H3/t20?,21?,22-/m1/s1. The molecule has 5 heteroatoms. The molecule has 1 amide bonds. The number of aromatic nitrogens is 1. The van der Waals surface area contributed by atoms with E-state index in [2.05, 4.69) is 33.1 Å². The average Bonchev–Trinajstić information content (AvgIpc) is 2.71. The number of fused-ring (bicyclic) bond motifs is 2. The summed E-state index contributed by atoms with van der Waals surface area (Å²) in [5, 5.41) is 3.80. The van der Waals surface area contributed by atoms with Crippen LogP contribution in [0.25, 0.3) is 0 Å². The van der Waals surface area contributed by atoms with Crippen molar-refractivity contribution >= 4 is 5.91 Å². The maximum Gasteiger partial charge on any atom is 0.222 e. The summed E-state index contributed by atoms with van der Waals surface area (Å²) in [6, 6.07) is 4.78. The first-order valence-electron chi connectivity index (χ1n) is 11.3. The Hall–Kier alpha value is -1.46. The molecule has 0 aromatic carbocycles. The Kier molecular flexibility index (Phi) is 6.63. The zero-order valence-corrected chi connectivity index (χ0v) is 17.4. The fourth-order valence-electron chi connectivity index (χ4n) is 5.38. The van der Waals surface area contributed by atoms with Gasteiger partial charge >= 0.3 is 0 Å². The van der Waals surface area contributed by atoms with Crippen molar-refractivity contribution in [1.82, 2.24) is 20.1 Å². The van der Waals surface area contributed by atoms with Gasteiger partial charge in [0.05, 0.1) is 0 Å². The molecule has 1 aromatic rings. The van der Waals surface area contributed by atoms with Crippen LogP contribution in [0.3, 0.4) is 0 Å². The van der Waals surface area contributed by atoms with Gasteiger partial charge in [-0.05, 0) is 68.0 Å². The molecular formula is C23H36N4O. The Balaban J connectivity index is 1.22. The van der Waals surface area contributed by atoms with Crippen LogP contribution in [0, 0.1) is 17.8 Å². The van der Waals surface area contributed by atoms with Crippen LogP contribution in [0.5, 0.6) is 0 Å². The summed E-state index contributed by atoms with van der Waals surface area (Å²) in [5.41, 5.74) is 1.31. The molecule has 28 heavy (non-hydrogen) atoms. The average molecular weight is 385 g/mol. The second-order valence-corrected chi connectivity index (χ2v) is 9.39. The number of nitrogens with one attached hydrogen (secondary N) is 1. The molecule has 1 aromatic heterocycles. The predicted molar refractivity (Wildman–Crippen MR) is 112 cm³/mol. The zero-order chi connectivity index (χ0) is 19.3. The van der Waals surface area contributed by atoms with Gasteiger partial charge in [0, 0.05) is 57.6 Å². The quantitative estimate of drug-likeness (QED) is 0.819. The summed E-state index contributed by atoms with van der Waals surface area (Å²) in [6.45, 7) is 8.73. The molecule has 0 spiro atoms. The number of amides is 1. The number of hydrogen-bond acceptors (Lipinski definition) is 4. The lowest BCUT2D eigenvalue weighted by molar-refractivity contribution is -0.132. The minimum absolute atomic E-state index is 0.377. The van der Waals surface area contributed by atoms with Crippen molar-refractivity contribution in [1.29, 1.82) is 0 Å². The Morgan fingerprint density at radius 3 is 2.93 bits per heavy atom. The highest BCUT2D eigenvalue weighted by molar-refractivity contribution is 5.76. The molecule has 4 heterocycles. The monoisotopic (exact) mass is 384 g/mol. The van der Waals surface area contributed by atoms with Crippen LogP contribution in [0.15, 0.2) is 24.5 Å². The summed E-state index contributed by atoms with van der Waals surface area (Å²) in [6.07, 6.45) is 10.4. The van der Waals surface area contributed by atoms with E-state index in [0.717, 1.165) is 63.2 Å². The minimum atomic E-state index is 0.377. The highest BCUT2D eigenvalue weighted by atomic mass is 16.2. The number of likely N-dealkylation sites (tertiary alicyclic amines) is 2. The van der Waals surface area contributed by atoms with Gasteiger partial charge in [0.1, 0.15) is 0 Å². The van der Waals surface area contributed by atoms with E-state index in [9.17, 15) is 4.79 Å². The molecule has 154 valence electrons. The van der Waals surface area contributed by atoms with Gasteiger partial charge in [-0.2, -0.15) is 0 Å². The summed E-state index contributed by atoms with van der Waals surface area (Å²) >= 11 is 0. The lowest BCUT2D eigenvalue weighted by Gasteiger charge is -2.46. The summed E-state index contributed by atoms with van der Waals surface area (Å²) in [5.74, 6) is 2.64. The summed E-state index contributed by atoms with van der Waals surface area (Å²) < 4.78 is 0. The second-order valence-electron chi connectivity index (χ2n) is 9.39. The number of nitrogens with zero attached hydrogens (tertiary/aromatic N) is 3. The van der Waals surface area contributed by atoms with E-state index in [1.807, 2.05) is 18.5 Å². The Morgan fingerprint density at radius 2 is 2.14 bits per heavy atom. The molecule has 3 aliphatic heterocycles. The van der Waals surface area contributed by atoms with Crippen LogP contribution in [0.2, 0.25) is 0 Å². The van der Waals surface area contributed by atoms with Crippen molar-refractivity contribution in [2.75, 3.05) is 32.7 Å². The van der Waals surface area contributed by atoms with Crippen molar-refractivity contribution in [2.45, 2.75) is 58.0 Å². The SMILES string of the molecule is CC1CCN(C(=O)CCC[C@H]2NCC3CC2CN(Cc2cccnc2)C3)CC1. The molecule has 4 rings (SSSR count). The van der Waals surface area contributed by atoms with Crippen LogP contribution in [0.1, 0.15) is 51.0 Å². The smallest absolute Gasteiger partial charge is 0.222 e. The molecule has 3 fully saturated rings. The maximum atomic E-state index is 12.5. The summed E-state index contributed by atoms with van der Waals surface area (Å²) in [7, 11) is 0. The van der Waals surface area contributed by atoms with Gasteiger partial charge in [-0.1, -0.05) is 13.0 Å². The van der Waals surface area contributed by atoms with E-state index < -0.39 is 0 Å². The molecule has 0 aliphatic carbocycles. The molecule has 1 N–H and O–H groups in total. The number of hydrogen-bond donors (Lipinski definition) is 1. The molecule has 0 radical (unpaired) electrons. The Bertz CT molecular complexity index is 629. The first-order valence-corrected chi connectivity index (χ1v) is 11.3. The summed E-state index contributed by atoms with van der Waals surface area (Å²) in [4.78, 5) is 21.5. The second kappa shape index (κ2) is 9.36. The van der Waals surface area contributed by atoms with Gasteiger partial charge in [-0.25, -0.2) is 0 Å². The molecule has 3 atom stereocenters. The van der Waals surface area contributed by atoms with Gasteiger partial charge < -0.3 is 10.2 Å². The van der Waals surface area contributed by atoms with Crippen molar-refractivity contribution in [3.05, 3.63) is 30.1 Å². The van der Waals surface area contributed by atoms with Crippen LogP contribution in [0.4, 0.5) is 0 Å². The third-order valence-corrected chi connectivity index (χ3v) is 7.05. The van der Waals surface area contributed by atoms with Crippen molar-refractivity contribution < 1.29 is 4.79 Å². The molecule has 5 nitrogen and oxygen atoms in total. The fourth-order valence-corrected chi connectivity index (χ4v) is 5.38. The normalized spacial score (nSPS) is 29.0. The number of carbonyl (C=O) groups excluding carboxylic acids is 1. The number of pyridine rings is 1. The highest BCUT2D eigenvalue weighted by Gasteiger charge is 2.36. The lowest BCUT2D eigenvalue weighted by Crippen LogP contribution is -2.55. The number of carbonyl (C=O) groups is 1. The number of rotatable bonds is 6. The largest absolute Gasteiger partial charge is 0.343 e.